The molecule has 0 bridgehead atoms. The summed E-state index contributed by atoms with van der Waals surface area (Å²) in [6.45, 7) is 0. The van der Waals surface area contributed by atoms with Crippen LogP contribution in [0, 0.1) is 0 Å². The molecule has 138 valence electrons. The number of para-hydroxylation sites is 1. The van der Waals surface area contributed by atoms with Crippen molar-refractivity contribution in [1.29, 1.82) is 0 Å². The smallest absolute Gasteiger partial charge is 0.257 e. The first-order valence-electron chi connectivity index (χ1n) is 8.40. The molecule has 0 atom stereocenters. The van der Waals surface area contributed by atoms with E-state index in [1.807, 2.05) is 48.3 Å². The quantitative estimate of drug-likeness (QED) is 0.714. The van der Waals surface area contributed by atoms with Crippen LogP contribution in [0.25, 0.3) is 0 Å². The molecular weight excluding hydrogens is 342 g/mol. The van der Waals surface area contributed by atoms with Crippen molar-refractivity contribution in [3.05, 3.63) is 72.4 Å². The molecule has 2 aromatic carbocycles. The molecule has 1 amide bonds. The van der Waals surface area contributed by atoms with E-state index in [9.17, 15) is 4.79 Å². The molecule has 0 unspecified atom stereocenters. The fraction of sp³-hybridized carbons (Fsp3) is 0.143. The van der Waals surface area contributed by atoms with E-state index in [2.05, 4.69) is 10.3 Å². The third-order valence-electron chi connectivity index (χ3n) is 4.15. The molecule has 1 aromatic heterocycles. The zero-order chi connectivity index (χ0) is 19.2. The highest BCUT2D eigenvalue weighted by atomic mass is 16.5. The molecule has 0 spiro atoms. The Bertz CT molecular complexity index is 912. The van der Waals surface area contributed by atoms with Crippen LogP contribution < -0.4 is 19.7 Å². The van der Waals surface area contributed by atoms with Gasteiger partial charge < -0.3 is 19.7 Å². The van der Waals surface area contributed by atoms with Crippen LogP contribution in [0.15, 0.2) is 66.9 Å². The summed E-state index contributed by atoms with van der Waals surface area (Å²) in [4.78, 5) is 18.9. The molecule has 0 saturated carbocycles. The number of hydrogen-bond donors (Lipinski definition) is 1. The fourth-order valence-corrected chi connectivity index (χ4v) is 2.61. The molecule has 0 radical (unpaired) electrons. The minimum Gasteiger partial charge on any atom is -0.497 e. The standard InChI is InChI=1S/C21H21N3O3/c1-24(16-7-5-4-6-8-16)20-12-9-15(14-22-20)21(25)23-18-13-17(26-2)10-11-19(18)27-3/h4-14H,1-3H3,(H,23,25). The van der Waals surface area contributed by atoms with E-state index in [-0.39, 0.29) is 5.91 Å². The average Bonchev–Trinajstić information content (AvgIpc) is 2.73. The van der Waals surface area contributed by atoms with Gasteiger partial charge in [-0.15, -0.1) is 0 Å². The van der Waals surface area contributed by atoms with Crippen molar-refractivity contribution in [2.45, 2.75) is 0 Å². The lowest BCUT2D eigenvalue weighted by Gasteiger charge is -2.18. The first-order valence-corrected chi connectivity index (χ1v) is 8.40. The van der Waals surface area contributed by atoms with Gasteiger partial charge in [0.05, 0.1) is 25.5 Å². The molecule has 1 N–H and O–H groups in total. The normalized spacial score (nSPS) is 10.2. The molecule has 3 aromatic rings. The number of anilines is 3. The van der Waals surface area contributed by atoms with Crippen LogP contribution in [-0.4, -0.2) is 32.2 Å². The van der Waals surface area contributed by atoms with E-state index >= 15 is 0 Å². The van der Waals surface area contributed by atoms with Gasteiger partial charge in [0.15, 0.2) is 0 Å². The summed E-state index contributed by atoms with van der Waals surface area (Å²) in [7, 11) is 5.05. The van der Waals surface area contributed by atoms with Crippen molar-refractivity contribution in [2.24, 2.45) is 0 Å². The van der Waals surface area contributed by atoms with E-state index < -0.39 is 0 Å². The number of amides is 1. The molecule has 0 saturated heterocycles. The van der Waals surface area contributed by atoms with Crippen LogP contribution in [0.1, 0.15) is 10.4 Å². The number of methoxy groups -OCH3 is 2. The van der Waals surface area contributed by atoms with Crippen LogP contribution in [0.3, 0.4) is 0 Å². The SMILES string of the molecule is COc1ccc(OC)c(NC(=O)c2ccc(N(C)c3ccccc3)nc2)c1. The Balaban J connectivity index is 1.77. The number of benzene rings is 2. The maximum Gasteiger partial charge on any atom is 0.257 e. The summed E-state index contributed by atoms with van der Waals surface area (Å²) in [6, 6.07) is 18.7. The minimum absolute atomic E-state index is 0.275. The maximum absolute atomic E-state index is 12.6. The highest BCUT2D eigenvalue weighted by Gasteiger charge is 2.12. The molecule has 0 fully saturated rings. The lowest BCUT2D eigenvalue weighted by molar-refractivity contribution is 0.102. The summed E-state index contributed by atoms with van der Waals surface area (Å²) in [6.07, 6.45) is 1.55. The minimum atomic E-state index is -0.275. The van der Waals surface area contributed by atoms with E-state index in [1.54, 1.807) is 44.7 Å². The summed E-state index contributed by atoms with van der Waals surface area (Å²) in [5.74, 6) is 1.65. The zero-order valence-corrected chi connectivity index (χ0v) is 15.5. The predicted octanol–water partition coefficient (Wildman–Crippen LogP) is 4.12. The topological polar surface area (TPSA) is 63.7 Å². The number of ether oxygens (including phenoxy) is 2. The van der Waals surface area contributed by atoms with Crippen LogP contribution in [0.2, 0.25) is 0 Å². The van der Waals surface area contributed by atoms with Crippen molar-refractivity contribution in [3.63, 3.8) is 0 Å². The number of nitrogens with one attached hydrogen (secondary N) is 1. The lowest BCUT2D eigenvalue weighted by Crippen LogP contribution is -2.15. The van der Waals surface area contributed by atoms with Gasteiger partial charge in [0.25, 0.3) is 5.91 Å². The van der Waals surface area contributed by atoms with E-state index in [4.69, 9.17) is 9.47 Å². The average molecular weight is 363 g/mol. The van der Waals surface area contributed by atoms with Gasteiger partial charge in [-0.1, -0.05) is 18.2 Å². The fourth-order valence-electron chi connectivity index (χ4n) is 2.61. The van der Waals surface area contributed by atoms with E-state index in [0.29, 0.717) is 22.7 Å². The van der Waals surface area contributed by atoms with Crippen LogP contribution >= 0.6 is 0 Å². The Kier molecular flexibility index (Phi) is 5.56. The molecular formula is C21H21N3O3. The number of pyridine rings is 1. The van der Waals surface area contributed by atoms with Crippen LogP contribution in [-0.2, 0) is 0 Å². The van der Waals surface area contributed by atoms with Crippen molar-refractivity contribution in [3.8, 4) is 11.5 Å². The summed E-state index contributed by atoms with van der Waals surface area (Å²) >= 11 is 0. The molecule has 1 heterocycles. The first kappa shape index (κ1) is 18.3. The van der Waals surface area contributed by atoms with Crippen molar-refractivity contribution >= 4 is 23.1 Å². The first-order chi connectivity index (χ1) is 13.1. The zero-order valence-electron chi connectivity index (χ0n) is 15.5. The highest BCUT2D eigenvalue weighted by Crippen LogP contribution is 2.29. The van der Waals surface area contributed by atoms with Gasteiger partial charge in [0, 0.05) is 25.0 Å². The Morgan fingerprint density at radius 2 is 1.78 bits per heavy atom. The van der Waals surface area contributed by atoms with Gasteiger partial charge in [0.2, 0.25) is 0 Å². The third-order valence-corrected chi connectivity index (χ3v) is 4.15. The van der Waals surface area contributed by atoms with Gasteiger partial charge in [-0.2, -0.15) is 0 Å². The summed E-state index contributed by atoms with van der Waals surface area (Å²) in [5, 5.41) is 2.84. The van der Waals surface area contributed by atoms with E-state index in [1.165, 1.54) is 0 Å². The second kappa shape index (κ2) is 8.23. The third kappa shape index (κ3) is 4.17. The Hall–Kier alpha value is -3.54. The van der Waals surface area contributed by atoms with Crippen LogP contribution in [0.4, 0.5) is 17.2 Å². The second-order valence-electron chi connectivity index (χ2n) is 5.82. The number of rotatable bonds is 6. The van der Waals surface area contributed by atoms with Gasteiger partial charge in [0.1, 0.15) is 17.3 Å². The number of carbonyl (C=O) groups excluding carboxylic acids is 1. The van der Waals surface area contributed by atoms with Crippen molar-refractivity contribution in [2.75, 3.05) is 31.5 Å². The summed E-state index contributed by atoms with van der Waals surface area (Å²) in [5.41, 5.74) is 2.00. The maximum atomic E-state index is 12.6. The molecule has 0 aliphatic carbocycles. The highest BCUT2D eigenvalue weighted by molar-refractivity contribution is 6.05. The summed E-state index contributed by atoms with van der Waals surface area (Å²) < 4.78 is 10.5. The molecule has 6 nitrogen and oxygen atoms in total. The van der Waals surface area contributed by atoms with Gasteiger partial charge in [-0.3, -0.25) is 4.79 Å². The Morgan fingerprint density at radius 1 is 1.00 bits per heavy atom. The second-order valence-corrected chi connectivity index (χ2v) is 5.82. The van der Waals surface area contributed by atoms with Gasteiger partial charge in [-0.05, 0) is 36.4 Å². The predicted molar refractivity (Wildman–Crippen MR) is 106 cm³/mol. The van der Waals surface area contributed by atoms with E-state index in [0.717, 1.165) is 11.5 Å². The Labute approximate surface area is 158 Å². The molecule has 0 aliphatic heterocycles. The largest absolute Gasteiger partial charge is 0.497 e. The van der Waals surface area contributed by atoms with Crippen molar-refractivity contribution in [1.82, 2.24) is 4.98 Å². The van der Waals surface area contributed by atoms with Crippen LogP contribution in [0.5, 0.6) is 11.5 Å². The number of aromatic nitrogens is 1. The number of hydrogen-bond acceptors (Lipinski definition) is 5. The molecule has 27 heavy (non-hydrogen) atoms. The Morgan fingerprint density at radius 3 is 2.41 bits per heavy atom. The lowest BCUT2D eigenvalue weighted by atomic mass is 10.2. The molecule has 0 aliphatic rings. The molecule has 3 rings (SSSR count). The van der Waals surface area contributed by atoms with Gasteiger partial charge in [-0.25, -0.2) is 4.98 Å². The van der Waals surface area contributed by atoms with Crippen molar-refractivity contribution < 1.29 is 14.3 Å². The molecule has 6 heteroatoms. The monoisotopic (exact) mass is 363 g/mol. The van der Waals surface area contributed by atoms with Gasteiger partial charge >= 0.3 is 0 Å². The number of nitrogens with zero attached hydrogens (tertiary/aromatic N) is 2. The number of carbonyl (C=O) groups is 1.